The molecule has 0 saturated heterocycles. The number of carboxylic acids is 1. The lowest BCUT2D eigenvalue weighted by molar-refractivity contribution is -0.142. The van der Waals surface area contributed by atoms with Gasteiger partial charge >= 0.3 is 12.5 Å². The number of hydrogen-bond acceptors (Lipinski definition) is 6. The molecule has 1 atom stereocenters. The maximum Gasteiger partial charge on any atom is 0.333 e. The van der Waals surface area contributed by atoms with Crippen molar-refractivity contribution in [3.8, 4) is 17.3 Å². The number of benzene rings is 1. The first-order valence-corrected chi connectivity index (χ1v) is 11.1. The monoisotopic (exact) mass is 509 g/mol. The molecule has 1 amide bonds. The largest absolute Gasteiger partial charge is 0.480 e. The molecule has 0 spiro atoms. The van der Waals surface area contributed by atoms with Crippen LogP contribution in [0.5, 0.6) is 0 Å². The van der Waals surface area contributed by atoms with Crippen molar-refractivity contribution in [3.05, 3.63) is 64.9 Å². The highest BCUT2D eigenvalue weighted by molar-refractivity contribution is 6.01. The average molecular weight is 509 g/mol. The van der Waals surface area contributed by atoms with Crippen LogP contribution in [-0.2, 0) is 24.7 Å². The van der Waals surface area contributed by atoms with Crippen molar-refractivity contribution >= 4 is 22.9 Å². The Balaban J connectivity index is 1.55. The summed E-state index contributed by atoms with van der Waals surface area (Å²) in [6.07, 6.45) is 3.43. The first kappa shape index (κ1) is 24.0. The molecule has 0 saturated carbocycles. The second-order valence-electron chi connectivity index (χ2n) is 8.53. The molecule has 10 nitrogen and oxygen atoms in total. The number of pyridine rings is 1. The molecule has 1 aromatic carbocycles. The average Bonchev–Trinajstić information content (AvgIpc) is 3.49. The molecule has 188 valence electrons. The normalized spacial score (nSPS) is 14.2. The molecule has 5 rings (SSSR count). The van der Waals surface area contributed by atoms with E-state index >= 15 is 4.39 Å². The molecule has 13 heteroatoms. The number of carbonyl (C=O) groups excluding carboxylic acids is 1. The van der Waals surface area contributed by atoms with E-state index in [0.29, 0.717) is 26.8 Å². The Morgan fingerprint density at radius 2 is 2.05 bits per heavy atom. The summed E-state index contributed by atoms with van der Waals surface area (Å²) < 4.78 is 42.7. The summed E-state index contributed by atoms with van der Waals surface area (Å²) in [7, 11) is 1.70. The van der Waals surface area contributed by atoms with E-state index in [-0.39, 0.29) is 41.8 Å². The molecule has 4 aromatic rings. The number of aryl methyl sites for hydroxylation is 1. The summed E-state index contributed by atoms with van der Waals surface area (Å²) in [4.78, 5) is 31.0. The summed E-state index contributed by atoms with van der Waals surface area (Å²) in [5.74, 6) is -3.06. The highest BCUT2D eigenvalue weighted by atomic mass is 19.3. The predicted molar refractivity (Wildman–Crippen MR) is 122 cm³/mol. The number of carbonyl (C=O) groups is 2. The van der Waals surface area contributed by atoms with Gasteiger partial charge in [-0.15, -0.1) is 0 Å². The minimum absolute atomic E-state index is 0.0702. The van der Waals surface area contributed by atoms with Gasteiger partial charge in [0.05, 0.1) is 34.7 Å². The zero-order chi connectivity index (χ0) is 26.4. The number of aromatic nitrogens is 5. The zero-order valence-corrected chi connectivity index (χ0v) is 19.3. The SMILES string of the molecule is Cn1ncc2nc(-c3ccc(F)c4c3CCN([C@H](Cc3cnn(C(F)F)c3)C(=O)O)C4=O)c(C#N)cc21. The summed E-state index contributed by atoms with van der Waals surface area (Å²) in [6.45, 7) is -2.97. The minimum Gasteiger partial charge on any atom is -0.480 e. The number of fused-ring (bicyclic) bond motifs is 2. The second-order valence-corrected chi connectivity index (χ2v) is 8.53. The van der Waals surface area contributed by atoms with Gasteiger partial charge in [-0.2, -0.15) is 24.2 Å². The van der Waals surface area contributed by atoms with E-state index in [0.717, 1.165) is 23.4 Å². The molecule has 1 N–H and O–H groups in total. The first-order chi connectivity index (χ1) is 17.7. The lowest BCUT2D eigenvalue weighted by Crippen LogP contribution is -2.50. The number of aliphatic carboxylic acids is 1. The molecule has 0 radical (unpaired) electrons. The van der Waals surface area contributed by atoms with Gasteiger partial charge in [-0.25, -0.2) is 18.9 Å². The number of halogens is 3. The highest BCUT2D eigenvalue weighted by Crippen LogP contribution is 2.35. The van der Waals surface area contributed by atoms with E-state index in [9.17, 15) is 28.7 Å². The predicted octanol–water partition coefficient (Wildman–Crippen LogP) is 2.93. The molecule has 4 heterocycles. The molecule has 0 aliphatic carbocycles. The lowest BCUT2D eigenvalue weighted by atomic mass is 9.89. The van der Waals surface area contributed by atoms with Crippen molar-refractivity contribution in [2.24, 2.45) is 7.05 Å². The van der Waals surface area contributed by atoms with Crippen LogP contribution < -0.4 is 0 Å². The lowest BCUT2D eigenvalue weighted by Gasteiger charge is -2.34. The van der Waals surface area contributed by atoms with Gasteiger partial charge in [0.1, 0.15) is 23.4 Å². The van der Waals surface area contributed by atoms with Gasteiger partial charge in [0.2, 0.25) is 0 Å². The summed E-state index contributed by atoms with van der Waals surface area (Å²) >= 11 is 0. The number of alkyl halides is 2. The molecule has 0 fully saturated rings. The van der Waals surface area contributed by atoms with E-state index in [2.05, 4.69) is 21.3 Å². The topological polar surface area (TPSA) is 130 Å². The fraction of sp³-hybridized carbons (Fsp3) is 0.250. The van der Waals surface area contributed by atoms with Gasteiger partial charge < -0.3 is 10.0 Å². The highest BCUT2D eigenvalue weighted by Gasteiger charge is 2.37. The van der Waals surface area contributed by atoms with E-state index in [1.807, 2.05) is 0 Å². The quantitative estimate of drug-likeness (QED) is 0.423. The third kappa shape index (κ3) is 4.06. The van der Waals surface area contributed by atoms with Crippen LogP contribution in [0, 0.1) is 17.1 Å². The fourth-order valence-corrected chi connectivity index (χ4v) is 4.62. The van der Waals surface area contributed by atoms with Crippen LogP contribution in [0.25, 0.3) is 22.3 Å². The Labute approximate surface area is 207 Å². The molecule has 1 aliphatic rings. The summed E-state index contributed by atoms with van der Waals surface area (Å²) in [6, 6.07) is 4.78. The van der Waals surface area contributed by atoms with E-state index in [4.69, 9.17) is 0 Å². The minimum atomic E-state index is -2.90. The van der Waals surface area contributed by atoms with E-state index in [1.54, 1.807) is 17.8 Å². The van der Waals surface area contributed by atoms with Crippen LogP contribution in [0.4, 0.5) is 13.2 Å². The standard InChI is InChI=1S/C24H18F3N7O3/c1-32-18-7-13(8-28)21(31-17(18)10-29-32)15-2-3-16(25)20-14(15)4-5-33(22(20)35)19(23(36)37)6-12-9-30-34(11-12)24(26)27/h2-3,7,9-11,19,24H,4-6H2,1H3,(H,36,37)/t19-/m1/s1. The number of rotatable bonds is 6. The number of hydrogen-bond donors (Lipinski definition) is 1. The van der Waals surface area contributed by atoms with Crippen LogP contribution in [0.1, 0.15) is 33.6 Å². The number of nitrogens with zero attached hydrogens (tertiary/aromatic N) is 7. The third-order valence-electron chi connectivity index (χ3n) is 6.39. The Morgan fingerprint density at radius 3 is 2.73 bits per heavy atom. The number of amides is 1. The maximum absolute atomic E-state index is 15.0. The molecule has 0 unspecified atom stereocenters. The van der Waals surface area contributed by atoms with Gasteiger partial charge in [0, 0.05) is 31.8 Å². The third-order valence-corrected chi connectivity index (χ3v) is 6.39. The van der Waals surface area contributed by atoms with Crippen molar-refractivity contribution in [2.75, 3.05) is 6.54 Å². The van der Waals surface area contributed by atoms with Crippen LogP contribution in [0.3, 0.4) is 0 Å². The molecule has 37 heavy (non-hydrogen) atoms. The smallest absolute Gasteiger partial charge is 0.333 e. The van der Waals surface area contributed by atoms with Gasteiger partial charge in [0.15, 0.2) is 0 Å². The van der Waals surface area contributed by atoms with Crippen LogP contribution in [-0.4, -0.2) is 59.0 Å². The fourth-order valence-electron chi connectivity index (χ4n) is 4.62. The van der Waals surface area contributed by atoms with Crippen molar-refractivity contribution in [2.45, 2.75) is 25.4 Å². The van der Waals surface area contributed by atoms with Gasteiger partial charge in [-0.3, -0.25) is 9.48 Å². The van der Waals surface area contributed by atoms with Crippen molar-refractivity contribution in [1.82, 2.24) is 29.4 Å². The molecule has 3 aromatic heterocycles. The van der Waals surface area contributed by atoms with Crippen LogP contribution in [0.2, 0.25) is 0 Å². The second kappa shape index (κ2) is 9.05. The summed E-state index contributed by atoms with van der Waals surface area (Å²) in [5, 5.41) is 27.2. The zero-order valence-electron chi connectivity index (χ0n) is 19.3. The van der Waals surface area contributed by atoms with Crippen LogP contribution >= 0.6 is 0 Å². The Kier molecular flexibility index (Phi) is 5.87. The number of nitriles is 1. The van der Waals surface area contributed by atoms with Gasteiger partial charge in [0.25, 0.3) is 5.91 Å². The van der Waals surface area contributed by atoms with Gasteiger partial charge in [-0.1, -0.05) is 0 Å². The van der Waals surface area contributed by atoms with Crippen molar-refractivity contribution in [1.29, 1.82) is 5.26 Å². The number of carboxylic acid groups (broad SMARTS) is 1. The molecular formula is C24H18F3N7O3. The van der Waals surface area contributed by atoms with Gasteiger partial charge in [-0.05, 0) is 35.7 Å². The van der Waals surface area contributed by atoms with E-state index < -0.39 is 30.3 Å². The van der Waals surface area contributed by atoms with Crippen LogP contribution in [0.15, 0.2) is 36.8 Å². The summed E-state index contributed by atoms with van der Waals surface area (Å²) in [5.41, 5.74) is 2.17. The molecular weight excluding hydrogens is 491 g/mol. The maximum atomic E-state index is 15.0. The van der Waals surface area contributed by atoms with Crippen molar-refractivity contribution in [3.63, 3.8) is 0 Å². The first-order valence-electron chi connectivity index (χ1n) is 11.1. The Bertz CT molecular complexity index is 1610. The van der Waals surface area contributed by atoms with Crippen molar-refractivity contribution < 1.29 is 27.9 Å². The molecule has 1 aliphatic heterocycles. The Morgan fingerprint density at radius 1 is 1.27 bits per heavy atom. The Hall–Kier alpha value is -4.73. The van der Waals surface area contributed by atoms with E-state index in [1.165, 1.54) is 12.3 Å². The molecule has 0 bridgehead atoms.